The Morgan fingerprint density at radius 3 is 2.29 bits per heavy atom. The molecule has 8 heteroatoms. The molecule has 2 aromatic carbocycles. The van der Waals surface area contributed by atoms with Crippen LogP contribution in [-0.2, 0) is 10.0 Å². The van der Waals surface area contributed by atoms with Gasteiger partial charge in [0.2, 0.25) is 10.0 Å². The van der Waals surface area contributed by atoms with Gasteiger partial charge in [-0.1, -0.05) is 25.5 Å². The summed E-state index contributed by atoms with van der Waals surface area (Å²) in [5.74, 6) is 0.692. The fraction of sp³-hybridized carbons (Fsp3) is 0.435. The van der Waals surface area contributed by atoms with E-state index in [9.17, 15) is 13.2 Å². The van der Waals surface area contributed by atoms with E-state index in [1.165, 1.54) is 23.5 Å². The SMILES string of the molecule is CC[C@@H](NC(=O)c1cc(S(=O)(=O)N2CCCCC2)ccc1OC)c1ccc(OC)cc1. The van der Waals surface area contributed by atoms with E-state index in [1.54, 1.807) is 13.2 Å². The number of hydrogen-bond donors (Lipinski definition) is 1. The van der Waals surface area contributed by atoms with E-state index >= 15 is 0 Å². The van der Waals surface area contributed by atoms with Crippen molar-refractivity contribution in [3.8, 4) is 11.5 Å². The molecule has 0 bridgehead atoms. The summed E-state index contributed by atoms with van der Waals surface area (Å²) in [5.41, 5.74) is 1.14. The fourth-order valence-corrected chi connectivity index (χ4v) is 5.32. The van der Waals surface area contributed by atoms with Crippen LogP contribution in [0.25, 0.3) is 0 Å². The first kappa shape index (κ1) is 23.1. The smallest absolute Gasteiger partial charge is 0.255 e. The first-order valence-electron chi connectivity index (χ1n) is 10.5. The molecule has 1 saturated heterocycles. The largest absolute Gasteiger partial charge is 0.497 e. The summed E-state index contributed by atoms with van der Waals surface area (Å²) in [6.45, 7) is 2.99. The van der Waals surface area contributed by atoms with E-state index in [4.69, 9.17) is 9.47 Å². The Morgan fingerprint density at radius 2 is 1.71 bits per heavy atom. The molecule has 1 fully saturated rings. The summed E-state index contributed by atoms with van der Waals surface area (Å²) < 4.78 is 38.2. The van der Waals surface area contributed by atoms with Gasteiger partial charge in [-0.05, 0) is 55.2 Å². The average Bonchev–Trinajstić information content (AvgIpc) is 2.82. The van der Waals surface area contributed by atoms with Gasteiger partial charge in [-0.3, -0.25) is 4.79 Å². The zero-order chi connectivity index (χ0) is 22.4. The van der Waals surface area contributed by atoms with Gasteiger partial charge in [-0.25, -0.2) is 8.42 Å². The van der Waals surface area contributed by atoms with Gasteiger partial charge in [0.15, 0.2) is 0 Å². The third-order valence-electron chi connectivity index (χ3n) is 5.60. The number of rotatable bonds is 8. The highest BCUT2D eigenvalue weighted by molar-refractivity contribution is 7.89. The minimum absolute atomic E-state index is 0.109. The van der Waals surface area contributed by atoms with Crippen molar-refractivity contribution in [3.63, 3.8) is 0 Å². The molecule has 1 aliphatic rings. The van der Waals surface area contributed by atoms with Crippen LogP contribution >= 0.6 is 0 Å². The summed E-state index contributed by atoms with van der Waals surface area (Å²) >= 11 is 0. The molecule has 1 heterocycles. The van der Waals surface area contributed by atoms with Crippen LogP contribution in [0.4, 0.5) is 0 Å². The number of amides is 1. The van der Waals surface area contributed by atoms with Gasteiger partial charge in [0.05, 0.1) is 30.7 Å². The predicted octanol–water partition coefficient (Wildman–Crippen LogP) is 3.76. The third kappa shape index (κ3) is 5.19. The molecular weight excluding hydrogens is 416 g/mol. The maximum Gasteiger partial charge on any atom is 0.255 e. The molecule has 0 radical (unpaired) electrons. The van der Waals surface area contributed by atoms with Crippen LogP contribution in [0.2, 0.25) is 0 Å². The van der Waals surface area contributed by atoms with Crippen molar-refractivity contribution in [2.24, 2.45) is 0 Å². The number of carbonyl (C=O) groups excluding carboxylic acids is 1. The number of benzene rings is 2. The van der Waals surface area contributed by atoms with Gasteiger partial charge in [-0.15, -0.1) is 0 Å². The minimum atomic E-state index is -3.65. The molecule has 0 aromatic heterocycles. The van der Waals surface area contributed by atoms with E-state index in [2.05, 4.69) is 5.32 Å². The standard InChI is InChI=1S/C23H30N2O5S/c1-4-21(17-8-10-18(29-2)11-9-17)24-23(26)20-16-19(12-13-22(20)30-3)31(27,28)25-14-6-5-7-15-25/h8-13,16,21H,4-7,14-15H2,1-3H3,(H,24,26)/t21-/m1/s1. The van der Waals surface area contributed by atoms with Crippen LogP contribution in [0.3, 0.4) is 0 Å². The van der Waals surface area contributed by atoms with Gasteiger partial charge in [0, 0.05) is 13.1 Å². The molecule has 31 heavy (non-hydrogen) atoms. The molecule has 1 N–H and O–H groups in total. The Kier molecular flexibility index (Phi) is 7.56. The van der Waals surface area contributed by atoms with Crippen LogP contribution in [0.1, 0.15) is 54.6 Å². The molecular formula is C23H30N2O5S. The van der Waals surface area contributed by atoms with Gasteiger partial charge < -0.3 is 14.8 Å². The average molecular weight is 447 g/mol. The first-order valence-corrected chi connectivity index (χ1v) is 12.0. The van der Waals surface area contributed by atoms with E-state index in [0.29, 0.717) is 25.3 Å². The predicted molar refractivity (Wildman–Crippen MR) is 119 cm³/mol. The number of hydrogen-bond acceptors (Lipinski definition) is 5. The highest BCUT2D eigenvalue weighted by Gasteiger charge is 2.28. The first-order chi connectivity index (χ1) is 14.9. The van der Waals surface area contributed by atoms with Crippen LogP contribution in [0.5, 0.6) is 11.5 Å². The monoisotopic (exact) mass is 446 g/mol. The molecule has 168 valence electrons. The third-order valence-corrected chi connectivity index (χ3v) is 7.49. The lowest BCUT2D eigenvalue weighted by molar-refractivity contribution is 0.0932. The van der Waals surface area contributed by atoms with Crippen molar-refractivity contribution in [3.05, 3.63) is 53.6 Å². The van der Waals surface area contributed by atoms with E-state index in [-0.39, 0.29) is 22.4 Å². The number of sulfonamides is 1. The topological polar surface area (TPSA) is 84.9 Å². The number of methoxy groups -OCH3 is 2. The fourth-order valence-electron chi connectivity index (χ4n) is 3.77. The molecule has 1 aliphatic heterocycles. The lowest BCUT2D eigenvalue weighted by Crippen LogP contribution is -2.35. The summed E-state index contributed by atoms with van der Waals surface area (Å²) in [6.07, 6.45) is 3.41. The highest BCUT2D eigenvalue weighted by Crippen LogP contribution is 2.28. The molecule has 3 rings (SSSR count). The Bertz CT molecular complexity index is 999. The Balaban J connectivity index is 1.87. The Labute approximate surface area is 184 Å². The molecule has 1 atom stereocenters. The van der Waals surface area contributed by atoms with Crippen molar-refractivity contribution in [2.45, 2.75) is 43.5 Å². The number of nitrogens with zero attached hydrogens (tertiary/aromatic N) is 1. The Hall–Kier alpha value is -2.58. The van der Waals surface area contributed by atoms with Crippen molar-refractivity contribution in [1.29, 1.82) is 0 Å². The van der Waals surface area contributed by atoms with Crippen LogP contribution in [0, 0.1) is 0 Å². The maximum atomic E-state index is 13.1. The minimum Gasteiger partial charge on any atom is -0.497 e. The van der Waals surface area contributed by atoms with Gasteiger partial charge in [0.25, 0.3) is 5.91 Å². The molecule has 2 aromatic rings. The van der Waals surface area contributed by atoms with Crippen LogP contribution in [0.15, 0.2) is 47.4 Å². The lowest BCUT2D eigenvalue weighted by atomic mass is 10.0. The number of carbonyl (C=O) groups is 1. The summed E-state index contributed by atoms with van der Waals surface area (Å²) in [6, 6.07) is 11.7. The van der Waals surface area contributed by atoms with Crippen molar-refractivity contribution < 1.29 is 22.7 Å². The highest BCUT2D eigenvalue weighted by atomic mass is 32.2. The van der Waals surface area contributed by atoms with Gasteiger partial charge in [-0.2, -0.15) is 4.31 Å². The number of piperidine rings is 1. The Morgan fingerprint density at radius 1 is 1.03 bits per heavy atom. The molecule has 7 nitrogen and oxygen atoms in total. The zero-order valence-electron chi connectivity index (χ0n) is 18.3. The molecule has 0 spiro atoms. The van der Waals surface area contributed by atoms with Crippen LogP contribution < -0.4 is 14.8 Å². The van der Waals surface area contributed by atoms with Crippen molar-refractivity contribution >= 4 is 15.9 Å². The second-order valence-electron chi connectivity index (χ2n) is 7.53. The zero-order valence-corrected chi connectivity index (χ0v) is 19.1. The van der Waals surface area contributed by atoms with Crippen molar-refractivity contribution in [2.75, 3.05) is 27.3 Å². The quantitative estimate of drug-likeness (QED) is 0.667. The van der Waals surface area contributed by atoms with E-state index in [1.807, 2.05) is 31.2 Å². The molecule has 0 unspecified atom stereocenters. The number of nitrogens with one attached hydrogen (secondary N) is 1. The molecule has 1 amide bonds. The summed E-state index contributed by atoms with van der Waals surface area (Å²) in [7, 11) is -0.587. The number of ether oxygens (including phenoxy) is 2. The maximum absolute atomic E-state index is 13.1. The molecule has 0 saturated carbocycles. The lowest BCUT2D eigenvalue weighted by Gasteiger charge is -2.26. The van der Waals surface area contributed by atoms with E-state index in [0.717, 1.165) is 30.6 Å². The normalized spacial score (nSPS) is 15.8. The molecule has 0 aliphatic carbocycles. The summed E-state index contributed by atoms with van der Waals surface area (Å²) in [4.78, 5) is 13.2. The van der Waals surface area contributed by atoms with Crippen molar-refractivity contribution in [1.82, 2.24) is 9.62 Å². The summed E-state index contributed by atoms with van der Waals surface area (Å²) in [5, 5.41) is 3.00. The van der Waals surface area contributed by atoms with Gasteiger partial charge in [0.1, 0.15) is 11.5 Å². The van der Waals surface area contributed by atoms with Gasteiger partial charge >= 0.3 is 0 Å². The van der Waals surface area contributed by atoms with Crippen LogP contribution in [-0.4, -0.2) is 45.9 Å². The second kappa shape index (κ2) is 10.2. The second-order valence-corrected chi connectivity index (χ2v) is 9.47. The van der Waals surface area contributed by atoms with E-state index < -0.39 is 10.0 Å².